The molecule has 2 rings (SSSR count). The van der Waals surface area contributed by atoms with Crippen molar-refractivity contribution in [2.24, 2.45) is 0 Å². The van der Waals surface area contributed by atoms with E-state index < -0.39 is 23.0 Å². The van der Waals surface area contributed by atoms with E-state index in [9.17, 15) is 13.6 Å². The van der Waals surface area contributed by atoms with Crippen LogP contribution in [0.25, 0.3) is 0 Å². The highest BCUT2D eigenvalue weighted by atomic mass is 79.9. The Morgan fingerprint density at radius 3 is 2.67 bits per heavy atom. The van der Waals surface area contributed by atoms with E-state index in [1.807, 2.05) is 0 Å². The van der Waals surface area contributed by atoms with Gasteiger partial charge in [-0.15, -0.1) is 0 Å². The van der Waals surface area contributed by atoms with E-state index in [0.29, 0.717) is 5.82 Å². The van der Waals surface area contributed by atoms with Gasteiger partial charge in [0, 0.05) is 6.20 Å². The Bertz CT molecular complexity index is 631. The summed E-state index contributed by atoms with van der Waals surface area (Å²) in [5.41, 5.74) is -0.666. The van der Waals surface area contributed by atoms with Gasteiger partial charge in [0.25, 0.3) is 0 Å². The number of ketones is 1. The van der Waals surface area contributed by atoms with Gasteiger partial charge in [-0.3, -0.25) is 4.79 Å². The van der Waals surface area contributed by atoms with Crippen molar-refractivity contribution in [1.29, 1.82) is 0 Å². The number of carbonyl (C=O) groups excluding carboxylic acids is 1. The molecule has 0 aliphatic rings. The van der Waals surface area contributed by atoms with Crippen LogP contribution in [0, 0.1) is 18.6 Å². The Hall–Kier alpha value is -1.69. The maximum absolute atomic E-state index is 13.7. The second-order valence-corrected chi connectivity index (χ2v) is 4.39. The highest BCUT2D eigenvalue weighted by Crippen LogP contribution is 2.23. The Kier molecular flexibility index (Phi) is 3.47. The topological polar surface area (TPSA) is 42.9 Å². The molecule has 0 spiro atoms. The van der Waals surface area contributed by atoms with Crippen LogP contribution in [0.2, 0.25) is 0 Å². The van der Waals surface area contributed by atoms with E-state index in [1.165, 1.54) is 18.3 Å². The van der Waals surface area contributed by atoms with Crippen LogP contribution in [0.3, 0.4) is 0 Å². The maximum Gasteiger partial charge on any atom is 0.217 e. The van der Waals surface area contributed by atoms with E-state index in [0.717, 1.165) is 6.07 Å². The van der Waals surface area contributed by atoms with Gasteiger partial charge >= 0.3 is 0 Å². The van der Waals surface area contributed by atoms with E-state index >= 15 is 0 Å². The largest absolute Gasteiger partial charge is 0.287 e. The number of nitrogens with zero attached hydrogens (tertiary/aromatic N) is 2. The number of aryl methyl sites for hydroxylation is 1. The van der Waals surface area contributed by atoms with Crippen LogP contribution in [-0.4, -0.2) is 15.8 Å². The van der Waals surface area contributed by atoms with Gasteiger partial charge in [0.2, 0.25) is 5.78 Å². The number of hydrogen-bond acceptors (Lipinski definition) is 3. The fourth-order valence-electron chi connectivity index (χ4n) is 1.45. The summed E-state index contributed by atoms with van der Waals surface area (Å²) >= 11 is 2.91. The Morgan fingerprint density at radius 1 is 1.28 bits per heavy atom. The van der Waals surface area contributed by atoms with Crippen molar-refractivity contribution in [3.8, 4) is 0 Å². The van der Waals surface area contributed by atoms with Crippen LogP contribution in [0.4, 0.5) is 8.78 Å². The lowest BCUT2D eigenvalue weighted by molar-refractivity contribution is 0.102. The van der Waals surface area contributed by atoms with Gasteiger partial charge in [-0.05, 0) is 41.1 Å². The molecule has 1 heterocycles. The van der Waals surface area contributed by atoms with Gasteiger partial charge in [-0.2, -0.15) is 0 Å². The van der Waals surface area contributed by atoms with Gasteiger partial charge in [-0.1, -0.05) is 0 Å². The van der Waals surface area contributed by atoms with Gasteiger partial charge in [0.05, 0.1) is 10.0 Å². The lowest BCUT2D eigenvalue weighted by Gasteiger charge is -2.05. The first-order chi connectivity index (χ1) is 8.50. The molecule has 0 saturated carbocycles. The molecule has 0 aliphatic carbocycles. The van der Waals surface area contributed by atoms with E-state index in [1.54, 1.807) is 6.92 Å². The van der Waals surface area contributed by atoms with Crippen LogP contribution < -0.4 is 0 Å². The molecule has 0 amide bonds. The zero-order valence-electron chi connectivity index (χ0n) is 9.25. The van der Waals surface area contributed by atoms with Crippen LogP contribution in [0.1, 0.15) is 21.9 Å². The van der Waals surface area contributed by atoms with Gasteiger partial charge < -0.3 is 0 Å². The number of benzene rings is 1. The molecule has 2 aromatic rings. The molecule has 92 valence electrons. The molecule has 1 aromatic carbocycles. The summed E-state index contributed by atoms with van der Waals surface area (Å²) in [4.78, 5) is 19.7. The summed E-state index contributed by atoms with van der Waals surface area (Å²) in [6.45, 7) is 1.59. The fraction of sp³-hybridized carbons (Fsp3) is 0.0833. The third-order valence-corrected chi connectivity index (χ3v) is 2.89. The summed E-state index contributed by atoms with van der Waals surface area (Å²) in [5, 5.41) is 0. The van der Waals surface area contributed by atoms with Gasteiger partial charge in [-0.25, -0.2) is 18.7 Å². The molecule has 3 nitrogen and oxygen atoms in total. The summed E-state index contributed by atoms with van der Waals surface area (Å²) in [6.07, 6.45) is 1.36. The van der Waals surface area contributed by atoms with Gasteiger partial charge in [0.1, 0.15) is 17.3 Å². The van der Waals surface area contributed by atoms with E-state index in [2.05, 4.69) is 25.9 Å². The van der Waals surface area contributed by atoms with E-state index in [4.69, 9.17) is 0 Å². The molecule has 0 saturated heterocycles. The first-order valence-corrected chi connectivity index (χ1v) is 5.78. The number of rotatable bonds is 2. The molecule has 0 unspecified atom stereocenters. The minimum Gasteiger partial charge on any atom is -0.287 e. The number of carbonyl (C=O) groups is 1. The highest BCUT2D eigenvalue weighted by Gasteiger charge is 2.22. The molecular weight excluding hydrogens is 306 g/mol. The van der Waals surface area contributed by atoms with E-state index in [-0.39, 0.29) is 10.2 Å². The van der Waals surface area contributed by atoms with Crippen LogP contribution >= 0.6 is 15.9 Å². The lowest BCUT2D eigenvalue weighted by atomic mass is 10.1. The monoisotopic (exact) mass is 312 g/mol. The Labute approximate surface area is 110 Å². The average Bonchev–Trinajstić information content (AvgIpc) is 2.34. The molecule has 18 heavy (non-hydrogen) atoms. The number of aromatic nitrogens is 2. The third-order valence-electron chi connectivity index (χ3n) is 2.28. The average molecular weight is 313 g/mol. The van der Waals surface area contributed by atoms with Crippen LogP contribution in [0.5, 0.6) is 0 Å². The molecule has 0 bridgehead atoms. The van der Waals surface area contributed by atoms with Crippen molar-refractivity contribution in [2.75, 3.05) is 0 Å². The lowest BCUT2D eigenvalue weighted by Crippen LogP contribution is -2.10. The number of hydrogen-bond donors (Lipinski definition) is 0. The maximum atomic E-state index is 13.7. The second kappa shape index (κ2) is 4.89. The quantitative estimate of drug-likeness (QED) is 0.632. The SMILES string of the molecule is Cc1nccc(C(=O)c2c(F)ccc(Br)c2F)n1. The van der Waals surface area contributed by atoms with Crippen LogP contribution in [-0.2, 0) is 0 Å². The molecule has 0 radical (unpaired) electrons. The summed E-state index contributed by atoms with van der Waals surface area (Å²) in [6, 6.07) is 3.54. The van der Waals surface area contributed by atoms with Crippen LogP contribution in [0.15, 0.2) is 28.9 Å². The minimum atomic E-state index is -0.934. The van der Waals surface area contributed by atoms with Crippen molar-refractivity contribution < 1.29 is 13.6 Å². The zero-order valence-corrected chi connectivity index (χ0v) is 10.8. The standard InChI is InChI=1S/C12H7BrF2N2O/c1-6-16-5-4-9(17-6)12(18)10-8(14)3-2-7(13)11(10)15/h2-5H,1H3. The normalized spacial score (nSPS) is 10.4. The minimum absolute atomic E-state index is 0.0260. The summed E-state index contributed by atoms with van der Waals surface area (Å²) < 4.78 is 27.3. The Morgan fingerprint density at radius 2 is 2.00 bits per heavy atom. The summed E-state index contributed by atoms with van der Waals surface area (Å²) in [7, 11) is 0. The highest BCUT2D eigenvalue weighted by molar-refractivity contribution is 9.10. The Balaban J connectivity index is 2.56. The van der Waals surface area contributed by atoms with Gasteiger partial charge in [0.15, 0.2) is 5.82 Å². The molecule has 0 N–H and O–H groups in total. The zero-order chi connectivity index (χ0) is 13.3. The van der Waals surface area contributed by atoms with Crippen molar-refractivity contribution >= 4 is 21.7 Å². The third kappa shape index (κ3) is 2.28. The first kappa shape index (κ1) is 12.8. The molecule has 6 heteroatoms. The first-order valence-electron chi connectivity index (χ1n) is 4.98. The smallest absolute Gasteiger partial charge is 0.217 e. The molecular formula is C12H7BrF2N2O. The molecule has 0 atom stereocenters. The molecule has 0 fully saturated rings. The van der Waals surface area contributed by atoms with Crippen molar-refractivity contribution in [3.63, 3.8) is 0 Å². The molecule has 0 aliphatic heterocycles. The predicted octanol–water partition coefficient (Wildman–Crippen LogP) is 3.06. The predicted molar refractivity (Wildman–Crippen MR) is 64.3 cm³/mol. The van der Waals surface area contributed by atoms with Crippen molar-refractivity contribution in [1.82, 2.24) is 9.97 Å². The summed E-state index contributed by atoms with van der Waals surface area (Å²) in [5.74, 6) is -2.30. The van der Waals surface area contributed by atoms with Crippen molar-refractivity contribution in [3.05, 3.63) is 57.6 Å². The second-order valence-electron chi connectivity index (χ2n) is 3.54. The fourth-order valence-corrected chi connectivity index (χ4v) is 1.78. The van der Waals surface area contributed by atoms with Crippen molar-refractivity contribution in [2.45, 2.75) is 6.92 Å². The number of halogens is 3. The molecule has 1 aromatic heterocycles.